The number of nitrogen functional groups attached to an aromatic ring is 1. The van der Waals surface area contributed by atoms with E-state index in [2.05, 4.69) is 22.1 Å². The molecule has 3 rings (SSSR count). The summed E-state index contributed by atoms with van der Waals surface area (Å²) in [5.74, 6) is 1.46. The normalized spacial score (nSPS) is 17.1. The number of anilines is 4. The van der Waals surface area contributed by atoms with Crippen LogP contribution < -0.4 is 16.0 Å². The van der Waals surface area contributed by atoms with Crippen LogP contribution in [0.25, 0.3) is 0 Å². The third-order valence-electron chi connectivity index (χ3n) is 4.69. The number of nitrogens with zero attached hydrogens (tertiary/aromatic N) is 3. The molecule has 0 unspecified atom stereocenters. The van der Waals surface area contributed by atoms with Gasteiger partial charge in [-0.3, -0.25) is 0 Å². The molecule has 1 aliphatic heterocycles. The van der Waals surface area contributed by atoms with Gasteiger partial charge in [0.05, 0.1) is 12.6 Å². The van der Waals surface area contributed by atoms with Crippen molar-refractivity contribution < 1.29 is 5.11 Å². The summed E-state index contributed by atoms with van der Waals surface area (Å²) < 4.78 is 0. The Balaban J connectivity index is 1.90. The maximum absolute atomic E-state index is 9.62. The molecule has 6 nitrogen and oxygen atoms in total. The van der Waals surface area contributed by atoms with Crippen molar-refractivity contribution in [1.82, 2.24) is 9.97 Å². The van der Waals surface area contributed by atoms with E-state index in [-0.39, 0.29) is 12.6 Å². The second kappa shape index (κ2) is 7.70. The van der Waals surface area contributed by atoms with Gasteiger partial charge < -0.3 is 21.1 Å². The first-order valence-corrected chi connectivity index (χ1v) is 8.99. The van der Waals surface area contributed by atoms with E-state index in [1.54, 1.807) is 0 Å². The van der Waals surface area contributed by atoms with Gasteiger partial charge in [0.15, 0.2) is 0 Å². The van der Waals surface area contributed by atoms with Crippen LogP contribution in [0, 0.1) is 6.92 Å². The zero-order valence-corrected chi connectivity index (χ0v) is 15.0. The SMILES string of the molecule is CCCc1cc(N2CCC[C@H]2CO)nc(Nc2ccc(C)c(N)c2)n1. The summed E-state index contributed by atoms with van der Waals surface area (Å²) in [6.07, 6.45) is 4.01. The van der Waals surface area contributed by atoms with Gasteiger partial charge in [0, 0.05) is 29.7 Å². The Kier molecular flexibility index (Phi) is 5.38. The standard InChI is InChI=1S/C19H27N5O/c1-3-5-14-11-18(24-9-4-6-16(24)12-25)23-19(21-14)22-15-8-7-13(2)17(20)10-15/h7-8,10-11,16,25H,3-6,9,12,20H2,1-2H3,(H,21,22,23)/t16-/m0/s1. The first-order valence-electron chi connectivity index (χ1n) is 8.99. The van der Waals surface area contributed by atoms with Crippen molar-refractivity contribution in [2.45, 2.75) is 45.6 Å². The van der Waals surface area contributed by atoms with Crippen LogP contribution in [0.2, 0.25) is 0 Å². The molecule has 4 N–H and O–H groups in total. The molecule has 2 aromatic rings. The number of nitrogens with one attached hydrogen (secondary N) is 1. The van der Waals surface area contributed by atoms with Crippen molar-refractivity contribution in [2.24, 2.45) is 0 Å². The van der Waals surface area contributed by atoms with Gasteiger partial charge in [0.25, 0.3) is 0 Å². The first kappa shape index (κ1) is 17.5. The number of aromatic nitrogens is 2. The van der Waals surface area contributed by atoms with Crippen molar-refractivity contribution in [1.29, 1.82) is 0 Å². The number of hydrogen-bond donors (Lipinski definition) is 3. The van der Waals surface area contributed by atoms with E-state index in [4.69, 9.17) is 10.7 Å². The quantitative estimate of drug-likeness (QED) is 0.700. The van der Waals surface area contributed by atoms with Crippen molar-refractivity contribution in [3.05, 3.63) is 35.5 Å². The first-order chi connectivity index (χ1) is 12.1. The topological polar surface area (TPSA) is 87.3 Å². The minimum absolute atomic E-state index is 0.146. The lowest BCUT2D eigenvalue weighted by atomic mass is 10.2. The molecule has 1 fully saturated rings. The zero-order valence-electron chi connectivity index (χ0n) is 15.0. The van der Waals surface area contributed by atoms with Crippen LogP contribution in [-0.2, 0) is 6.42 Å². The fourth-order valence-electron chi connectivity index (χ4n) is 3.24. The Morgan fingerprint density at radius 1 is 1.32 bits per heavy atom. The predicted molar refractivity (Wildman–Crippen MR) is 102 cm³/mol. The molecular formula is C19H27N5O. The molecule has 0 amide bonds. The number of rotatable bonds is 6. The van der Waals surface area contributed by atoms with Crippen molar-refractivity contribution in [3.8, 4) is 0 Å². The van der Waals surface area contributed by atoms with E-state index >= 15 is 0 Å². The highest BCUT2D eigenvalue weighted by Crippen LogP contribution is 2.27. The molecule has 0 spiro atoms. The number of aryl methyl sites for hydroxylation is 2. The lowest BCUT2D eigenvalue weighted by molar-refractivity contribution is 0.266. The molecule has 6 heteroatoms. The average molecular weight is 341 g/mol. The Morgan fingerprint density at radius 3 is 2.88 bits per heavy atom. The Labute approximate surface area is 149 Å². The molecule has 2 heterocycles. The van der Waals surface area contributed by atoms with E-state index in [9.17, 15) is 5.11 Å². The molecule has 1 saturated heterocycles. The van der Waals surface area contributed by atoms with Gasteiger partial charge in [-0.15, -0.1) is 0 Å². The van der Waals surface area contributed by atoms with E-state index in [0.717, 1.165) is 60.7 Å². The summed E-state index contributed by atoms with van der Waals surface area (Å²) in [6.45, 7) is 5.20. The van der Waals surface area contributed by atoms with E-state index in [0.29, 0.717) is 5.95 Å². The van der Waals surface area contributed by atoms with E-state index in [1.807, 2.05) is 31.2 Å². The summed E-state index contributed by atoms with van der Waals surface area (Å²) in [5, 5.41) is 12.9. The maximum Gasteiger partial charge on any atom is 0.229 e. The summed E-state index contributed by atoms with van der Waals surface area (Å²) in [5.41, 5.74) is 9.69. The summed E-state index contributed by atoms with van der Waals surface area (Å²) in [7, 11) is 0. The highest BCUT2D eigenvalue weighted by molar-refractivity contribution is 5.63. The largest absolute Gasteiger partial charge is 0.398 e. The minimum atomic E-state index is 0.146. The third kappa shape index (κ3) is 4.02. The van der Waals surface area contributed by atoms with Crippen LogP contribution in [0.15, 0.2) is 24.3 Å². The molecule has 1 aromatic heterocycles. The van der Waals surface area contributed by atoms with Crippen LogP contribution in [0.3, 0.4) is 0 Å². The van der Waals surface area contributed by atoms with Crippen LogP contribution in [0.4, 0.5) is 23.1 Å². The van der Waals surface area contributed by atoms with Crippen molar-refractivity contribution >= 4 is 23.1 Å². The molecule has 0 radical (unpaired) electrons. The Hall–Kier alpha value is -2.34. The van der Waals surface area contributed by atoms with Gasteiger partial charge in [-0.05, 0) is 43.9 Å². The molecule has 134 valence electrons. The van der Waals surface area contributed by atoms with Crippen molar-refractivity contribution in [3.63, 3.8) is 0 Å². The van der Waals surface area contributed by atoms with Crippen LogP contribution in [0.5, 0.6) is 0 Å². The summed E-state index contributed by atoms with van der Waals surface area (Å²) in [4.78, 5) is 11.5. The Bertz CT molecular complexity index is 734. The number of aliphatic hydroxyl groups is 1. The molecule has 0 aliphatic carbocycles. The number of nitrogens with two attached hydrogens (primary N) is 1. The highest BCUT2D eigenvalue weighted by Gasteiger charge is 2.25. The van der Waals surface area contributed by atoms with Gasteiger partial charge in [0.2, 0.25) is 5.95 Å². The van der Waals surface area contributed by atoms with Gasteiger partial charge >= 0.3 is 0 Å². The van der Waals surface area contributed by atoms with Crippen LogP contribution >= 0.6 is 0 Å². The van der Waals surface area contributed by atoms with Gasteiger partial charge in [-0.25, -0.2) is 4.98 Å². The maximum atomic E-state index is 9.62. The molecule has 1 atom stereocenters. The van der Waals surface area contributed by atoms with Gasteiger partial charge in [0.1, 0.15) is 5.82 Å². The molecule has 1 aromatic carbocycles. The molecule has 1 aliphatic rings. The number of hydrogen-bond acceptors (Lipinski definition) is 6. The Morgan fingerprint density at radius 2 is 2.16 bits per heavy atom. The second-order valence-corrected chi connectivity index (χ2v) is 6.66. The molecule has 25 heavy (non-hydrogen) atoms. The predicted octanol–water partition coefficient (Wildman–Crippen LogP) is 3.02. The van der Waals surface area contributed by atoms with Crippen LogP contribution in [-0.4, -0.2) is 34.3 Å². The highest BCUT2D eigenvalue weighted by atomic mass is 16.3. The smallest absolute Gasteiger partial charge is 0.229 e. The molecule has 0 bridgehead atoms. The lowest BCUT2D eigenvalue weighted by Crippen LogP contribution is -2.33. The number of benzene rings is 1. The third-order valence-corrected chi connectivity index (χ3v) is 4.69. The molecule has 0 saturated carbocycles. The van der Waals surface area contributed by atoms with E-state index in [1.165, 1.54) is 0 Å². The fraction of sp³-hybridized carbons (Fsp3) is 0.474. The average Bonchev–Trinajstić information content (AvgIpc) is 3.07. The summed E-state index contributed by atoms with van der Waals surface area (Å²) in [6, 6.07) is 8.06. The fourth-order valence-corrected chi connectivity index (χ4v) is 3.24. The minimum Gasteiger partial charge on any atom is -0.398 e. The second-order valence-electron chi connectivity index (χ2n) is 6.66. The van der Waals surface area contributed by atoms with Gasteiger partial charge in [-0.1, -0.05) is 19.4 Å². The van der Waals surface area contributed by atoms with Crippen LogP contribution in [0.1, 0.15) is 37.4 Å². The summed E-state index contributed by atoms with van der Waals surface area (Å²) >= 11 is 0. The zero-order chi connectivity index (χ0) is 17.8. The van der Waals surface area contributed by atoms with Gasteiger partial charge in [-0.2, -0.15) is 4.98 Å². The lowest BCUT2D eigenvalue weighted by Gasteiger charge is -2.25. The monoisotopic (exact) mass is 341 g/mol. The number of aliphatic hydroxyl groups excluding tert-OH is 1. The van der Waals surface area contributed by atoms with E-state index < -0.39 is 0 Å². The molecular weight excluding hydrogens is 314 g/mol. The van der Waals surface area contributed by atoms with Crippen molar-refractivity contribution in [2.75, 3.05) is 29.1 Å².